The summed E-state index contributed by atoms with van der Waals surface area (Å²) in [5.41, 5.74) is 1.61. The predicted octanol–water partition coefficient (Wildman–Crippen LogP) is 1.61. The van der Waals surface area contributed by atoms with Crippen LogP contribution in [0.3, 0.4) is 0 Å². The molecule has 2 amide bonds. The first-order chi connectivity index (χ1) is 9.29. The van der Waals surface area contributed by atoms with Gasteiger partial charge in [0.2, 0.25) is 11.8 Å². The SMILES string of the molecule is Cc1ccc(NC(=O)CN(C)CC(=O)N(C)C)c(Cl)c1. The Kier molecular flexibility index (Phi) is 5.98. The fraction of sp³-hybridized carbons (Fsp3) is 0.429. The van der Waals surface area contributed by atoms with E-state index in [-0.39, 0.29) is 24.9 Å². The van der Waals surface area contributed by atoms with Gasteiger partial charge in [0.15, 0.2) is 0 Å². The van der Waals surface area contributed by atoms with E-state index in [9.17, 15) is 9.59 Å². The van der Waals surface area contributed by atoms with Crippen molar-refractivity contribution in [3.05, 3.63) is 28.8 Å². The van der Waals surface area contributed by atoms with Gasteiger partial charge in [0, 0.05) is 14.1 Å². The number of nitrogens with zero attached hydrogens (tertiary/aromatic N) is 2. The van der Waals surface area contributed by atoms with Gasteiger partial charge in [0.05, 0.1) is 23.8 Å². The summed E-state index contributed by atoms with van der Waals surface area (Å²) in [7, 11) is 5.09. The van der Waals surface area contributed by atoms with Gasteiger partial charge in [-0.1, -0.05) is 17.7 Å². The summed E-state index contributed by atoms with van der Waals surface area (Å²) in [5, 5.41) is 3.24. The molecule has 0 aromatic heterocycles. The van der Waals surface area contributed by atoms with Crippen molar-refractivity contribution < 1.29 is 9.59 Å². The topological polar surface area (TPSA) is 52.7 Å². The molecule has 0 heterocycles. The van der Waals surface area contributed by atoms with Crippen LogP contribution in [0.2, 0.25) is 5.02 Å². The van der Waals surface area contributed by atoms with Crippen molar-refractivity contribution in [1.82, 2.24) is 9.80 Å². The highest BCUT2D eigenvalue weighted by Crippen LogP contribution is 2.22. The number of likely N-dealkylation sites (N-methyl/N-ethyl adjacent to an activating group) is 2. The number of hydrogen-bond acceptors (Lipinski definition) is 3. The molecule has 0 bridgehead atoms. The third-order valence-electron chi connectivity index (χ3n) is 2.72. The van der Waals surface area contributed by atoms with E-state index in [2.05, 4.69) is 5.32 Å². The van der Waals surface area contributed by atoms with Crippen LogP contribution in [0.25, 0.3) is 0 Å². The Morgan fingerprint density at radius 3 is 2.40 bits per heavy atom. The van der Waals surface area contributed by atoms with Gasteiger partial charge in [-0.3, -0.25) is 14.5 Å². The van der Waals surface area contributed by atoms with Gasteiger partial charge in [-0.25, -0.2) is 0 Å². The number of anilines is 1. The number of benzene rings is 1. The van der Waals surface area contributed by atoms with E-state index in [0.29, 0.717) is 10.7 Å². The molecule has 0 saturated carbocycles. The number of rotatable bonds is 5. The predicted molar refractivity (Wildman–Crippen MR) is 81.0 cm³/mol. The number of nitrogens with one attached hydrogen (secondary N) is 1. The summed E-state index contributed by atoms with van der Waals surface area (Å²) in [6.45, 7) is 2.25. The maximum Gasteiger partial charge on any atom is 0.238 e. The van der Waals surface area contributed by atoms with E-state index in [0.717, 1.165) is 5.56 Å². The van der Waals surface area contributed by atoms with Crippen molar-refractivity contribution in [1.29, 1.82) is 0 Å². The average molecular weight is 298 g/mol. The Balaban J connectivity index is 2.53. The molecule has 0 aliphatic heterocycles. The van der Waals surface area contributed by atoms with E-state index in [1.54, 1.807) is 38.2 Å². The second-order valence-corrected chi connectivity index (χ2v) is 5.40. The average Bonchev–Trinajstić information content (AvgIpc) is 2.32. The van der Waals surface area contributed by atoms with Crippen LogP contribution < -0.4 is 5.32 Å². The first kappa shape index (κ1) is 16.5. The van der Waals surface area contributed by atoms with Crippen molar-refractivity contribution in [2.45, 2.75) is 6.92 Å². The fourth-order valence-electron chi connectivity index (χ4n) is 1.58. The second-order valence-electron chi connectivity index (χ2n) is 4.99. The molecule has 5 nitrogen and oxygen atoms in total. The third-order valence-corrected chi connectivity index (χ3v) is 3.03. The number of carbonyl (C=O) groups is 2. The summed E-state index contributed by atoms with van der Waals surface area (Å²) in [5.74, 6) is -0.251. The highest BCUT2D eigenvalue weighted by Gasteiger charge is 2.12. The number of aryl methyl sites for hydroxylation is 1. The summed E-state index contributed by atoms with van der Waals surface area (Å²) in [6, 6.07) is 5.43. The molecular weight excluding hydrogens is 278 g/mol. The van der Waals surface area contributed by atoms with Crippen molar-refractivity contribution in [2.75, 3.05) is 39.5 Å². The Hall–Kier alpha value is -1.59. The fourth-order valence-corrected chi connectivity index (χ4v) is 1.87. The molecule has 0 atom stereocenters. The molecule has 0 fully saturated rings. The smallest absolute Gasteiger partial charge is 0.238 e. The molecule has 0 spiro atoms. The van der Waals surface area contributed by atoms with E-state index >= 15 is 0 Å². The molecule has 0 aliphatic rings. The van der Waals surface area contributed by atoms with Crippen LogP contribution in [0.15, 0.2) is 18.2 Å². The van der Waals surface area contributed by atoms with Crippen LogP contribution >= 0.6 is 11.6 Å². The second kappa shape index (κ2) is 7.26. The highest BCUT2D eigenvalue weighted by molar-refractivity contribution is 6.33. The van der Waals surface area contributed by atoms with Crippen molar-refractivity contribution in [2.24, 2.45) is 0 Å². The standard InChI is InChI=1S/C14H20ClN3O2/c1-10-5-6-12(11(15)7-10)16-13(19)8-18(4)9-14(20)17(2)3/h5-7H,8-9H2,1-4H3,(H,16,19). The maximum absolute atomic E-state index is 11.9. The van der Waals surface area contributed by atoms with Gasteiger partial charge >= 0.3 is 0 Å². The lowest BCUT2D eigenvalue weighted by Crippen LogP contribution is -2.38. The lowest BCUT2D eigenvalue weighted by atomic mass is 10.2. The molecule has 0 aliphatic carbocycles. The Morgan fingerprint density at radius 1 is 1.20 bits per heavy atom. The lowest BCUT2D eigenvalue weighted by molar-refractivity contribution is -0.130. The van der Waals surface area contributed by atoms with Gasteiger partial charge < -0.3 is 10.2 Å². The van der Waals surface area contributed by atoms with E-state index in [4.69, 9.17) is 11.6 Å². The first-order valence-corrected chi connectivity index (χ1v) is 6.62. The van der Waals surface area contributed by atoms with Crippen LogP contribution in [-0.2, 0) is 9.59 Å². The number of carbonyl (C=O) groups excluding carboxylic acids is 2. The monoisotopic (exact) mass is 297 g/mol. The van der Waals surface area contributed by atoms with Gasteiger partial charge in [-0.05, 0) is 31.7 Å². The van der Waals surface area contributed by atoms with Crippen LogP contribution in [-0.4, -0.2) is 55.8 Å². The minimum Gasteiger partial charge on any atom is -0.348 e. The lowest BCUT2D eigenvalue weighted by Gasteiger charge is -2.18. The Morgan fingerprint density at radius 2 is 1.85 bits per heavy atom. The highest BCUT2D eigenvalue weighted by atomic mass is 35.5. The molecule has 1 N–H and O–H groups in total. The number of halogens is 1. The molecular formula is C14H20ClN3O2. The Bertz CT molecular complexity index is 503. The maximum atomic E-state index is 11.9. The van der Waals surface area contributed by atoms with Crippen LogP contribution in [0.1, 0.15) is 5.56 Å². The molecule has 1 aromatic rings. The molecule has 6 heteroatoms. The van der Waals surface area contributed by atoms with Gasteiger partial charge in [0.1, 0.15) is 0 Å². The van der Waals surface area contributed by atoms with Crippen molar-refractivity contribution >= 4 is 29.1 Å². The summed E-state index contributed by atoms with van der Waals surface area (Å²) < 4.78 is 0. The van der Waals surface area contributed by atoms with E-state index < -0.39 is 0 Å². The Labute approximate surface area is 124 Å². The molecule has 110 valence electrons. The zero-order valence-corrected chi connectivity index (χ0v) is 13.0. The number of hydrogen-bond donors (Lipinski definition) is 1. The zero-order valence-electron chi connectivity index (χ0n) is 12.2. The van der Waals surface area contributed by atoms with Gasteiger partial charge in [-0.15, -0.1) is 0 Å². The van der Waals surface area contributed by atoms with Crippen molar-refractivity contribution in [3.63, 3.8) is 0 Å². The van der Waals surface area contributed by atoms with Gasteiger partial charge in [0.25, 0.3) is 0 Å². The molecule has 0 radical (unpaired) electrons. The summed E-state index contributed by atoms with van der Waals surface area (Å²) in [6.07, 6.45) is 0. The third kappa shape index (κ3) is 5.19. The first-order valence-electron chi connectivity index (χ1n) is 6.24. The van der Waals surface area contributed by atoms with Crippen LogP contribution in [0.5, 0.6) is 0 Å². The van der Waals surface area contributed by atoms with E-state index in [1.165, 1.54) is 4.90 Å². The van der Waals surface area contributed by atoms with E-state index in [1.807, 2.05) is 13.0 Å². The molecule has 1 rings (SSSR count). The largest absolute Gasteiger partial charge is 0.348 e. The van der Waals surface area contributed by atoms with Crippen LogP contribution in [0, 0.1) is 6.92 Å². The van der Waals surface area contributed by atoms with Crippen LogP contribution in [0.4, 0.5) is 5.69 Å². The van der Waals surface area contributed by atoms with Gasteiger partial charge in [-0.2, -0.15) is 0 Å². The summed E-state index contributed by atoms with van der Waals surface area (Å²) in [4.78, 5) is 26.5. The normalized spacial score (nSPS) is 10.5. The zero-order chi connectivity index (χ0) is 15.3. The quantitative estimate of drug-likeness (QED) is 0.898. The number of amides is 2. The molecule has 0 unspecified atom stereocenters. The summed E-state index contributed by atoms with van der Waals surface area (Å²) >= 11 is 6.05. The van der Waals surface area contributed by atoms with Crippen molar-refractivity contribution in [3.8, 4) is 0 Å². The molecule has 0 saturated heterocycles. The molecule has 1 aromatic carbocycles. The minimum atomic E-state index is -0.204. The minimum absolute atomic E-state index is 0.0475. The molecule has 20 heavy (non-hydrogen) atoms.